The van der Waals surface area contributed by atoms with Gasteiger partial charge < -0.3 is 30.2 Å². The minimum Gasteiger partial charge on any atom is -0.494 e. The first-order chi connectivity index (χ1) is 17.4. The first-order valence-electron chi connectivity index (χ1n) is 11.6. The number of anilines is 4. The average molecular weight is 486 g/mol. The summed E-state index contributed by atoms with van der Waals surface area (Å²) < 4.78 is 5.67. The fourth-order valence-corrected chi connectivity index (χ4v) is 3.77. The normalized spacial score (nSPS) is 10.9. The van der Waals surface area contributed by atoms with Crippen LogP contribution in [-0.4, -0.2) is 67.1 Å². The van der Waals surface area contributed by atoms with Crippen LogP contribution in [0.25, 0.3) is 22.3 Å². The van der Waals surface area contributed by atoms with E-state index in [4.69, 9.17) is 9.72 Å². The highest BCUT2D eigenvalue weighted by molar-refractivity contribution is 6.00. The van der Waals surface area contributed by atoms with Gasteiger partial charge in [-0.25, -0.2) is 4.98 Å². The molecule has 2 aromatic heterocycles. The number of carbonyl (C=O) groups excluding carboxylic acids is 1. The quantitative estimate of drug-likeness (QED) is 0.285. The third kappa shape index (κ3) is 5.64. The minimum atomic E-state index is -0.271. The van der Waals surface area contributed by atoms with Crippen LogP contribution in [0.2, 0.25) is 0 Å². The molecule has 0 unspecified atom stereocenters. The van der Waals surface area contributed by atoms with E-state index in [1.54, 1.807) is 7.11 Å². The molecule has 2 heterocycles. The number of benzene rings is 2. The molecule has 0 spiro atoms. The standard InChI is InChI=1S/C27H31N7O2/c1-6-24(35)29-19-9-7-8-18(16-19)25-21-12-13-28-26(21)32-27(31-25)30-22-11-10-20(17-23(22)36-5)34(4)15-14-33(2)3/h6-13,16-17H,1,14-15H2,2-5H3,(H,29,35)(H2,28,30,31,32). The second-order valence-corrected chi connectivity index (χ2v) is 8.64. The fraction of sp³-hybridized carbons (Fsp3) is 0.222. The SMILES string of the molecule is C=CC(=O)Nc1cccc(-c2nc(Nc3ccc(N(C)CCN(C)C)cc3OC)nc3[nH]ccc23)c1. The molecule has 0 saturated carbocycles. The number of ether oxygens (including phenoxy) is 1. The Morgan fingerprint density at radius 1 is 1.11 bits per heavy atom. The number of H-pyrrole nitrogens is 1. The summed E-state index contributed by atoms with van der Waals surface area (Å²) in [6.45, 7) is 5.35. The van der Waals surface area contributed by atoms with Crippen LogP contribution in [0, 0.1) is 0 Å². The molecule has 1 amide bonds. The third-order valence-corrected chi connectivity index (χ3v) is 5.76. The van der Waals surface area contributed by atoms with Crippen LogP contribution in [0.1, 0.15) is 0 Å². The van der Waals surface area contributed by atoms with E-state index in [0.717, 1.165) is 41.1 Å². The van der Waals surface area contributed by atoms with Crippen LogP contribution in [0.4, 0.5) is 23.0 Å². The molecule has 2 aromatic carbocycles. The maximum absolute atomic E-state index is 11.8. The highest BCUT2D eigenvalue weighted by atomic mass is 16.5. The molecule has 4 rings (SSSR count). The van der Waals surface area contributed by atoms with Gasteiger partial charge in [-0.05, 0) is 50.5 Å². The predicted octanol–water partition coefficient (Wildman–Crippen LogP) is 4.50. The van der Waals surface area contributed by atoms with Crippen molar-refractivity contribution in [3.63, 3.8) is 0 Å². The number of hydrogen-bond acceptors (Lipinski definition) is 7. The first-order valence-corrected chi connectivity index (χ1v) is 11.6. The molecular weight excluding hydrogens is 454 g/mol. The smallest absolute Gasteiger partial charge is 0.247 e. The van der Waals surface area contributed by atoms with Gasteiger partial charge in [0.25, 0.3) is 0 Å². The lowest BCUT2D eigenvalue weighted by atomic mass is 10.1. The summed E-state index contributed by atoms with van der Waals surface area (Å²) in [4.78, 5) is 28.7. The van der Waals surface area contributed by atoms with Crippen molar-refractivity contribution in [1.29, 1.82) is 0 Å². The zero-order chi connectivity index (χ0) is 25.7. The predicted molar refractivity (Wildman–Crippen MR) is 146 cm³/mol. The molecule has 0 bridgehead atoms. The summed E-state index contributed by atoms with van der Waals surface area (Å²) >= 11 is 0. The van der Waals surface area contributed by atoms with Crippen LogP contribution >= 0.6 is 0 Å². The van der Waals surface area contributed by atoms with Gasteiger partial charge >= 0.3 is 0 Å². The lowest BCUT2D eigenvalue weighted by Gasteiger charge is -2.23. The second kappa shape index (κ2) is 10.9. The zero-order valence-corrected chi connectivity index (χ0v) is 21.0. The Morgan fingerprint density at radius 2 is 1.94 bits per heavy atom. The Morgan fingerprint density at radius 3 is 2.69 bits per heavy atom. The number of nitrogens with one attached hydrogen (secondary N) is 3. The third-order valence-electron chi connectivity index (χ3n) is 5.76. The van der Waals surface area contributed by atoms with Crippen molar-refractivity contribution >= 4 is 40.0 Å². The van der Waals surface area contributed by atoms with E-state index >= 15 is 0 Å². The summed E-state index contributed by atoms with van der Waals surface area (Å²) in [5, 5.41) is 6.98. The number of amides is 1. The second-order valence-electron chi connectivity index (χ2n) is 8.64. The number of hydrogen-bond donors (Lipinski definition) is 3. The van der Waals surface area contributed by atoms with Crippen molar-refractivity contribution in [3.05, 3.63) is 67.4 Å². The van der Waals surface area contributed by atoms with E-state index in [2.05, 4.69) is 58.1 Å². The number of nitrogens with zero attached hydrogens (tertiary/aromatic N) is 4. The summed E-state index contributed by atoms with van der Waals surface area (Å²) in [7, 11) is 7.83. The van der Waals surface area contributed by atoms with E-state index < -0.39 is 0 Å². The molecule has 0 aliphatic carbocycles. The number of aromatic amines is 1. The molecule has 3 N–H and O–H groups in total. The molecule has 9 heteroatoms. The first kappa shape index (κ1) is 24.7. The fourth-order valence-electron chi connectivity index (χ4n) is 3.77. The number of likely N-dealkylation sites (N-methyl/N-ethyl adjacent to an activating group) is 2. The Kier molecular flexibility index (Phi) is 7.50. The maximum atomic E-state index is 11.8. The molecule has 0 aliphatic heterocycles. The topological polar surface area (TPSA) is 98.4 Å². The molecule has 0 saturated heterocycles. The largest absolute Gasteiger partial charge is 0.494 e. The Bertz CT molecular complexity index is 1380. The molecule has 186 valence electrons. The molecule has 0 atom stereocenters. The number of rotatable bonds is 10. The Balaban J connectivity index is 1.66. The maximum Gasteiger partial charge on any atom is 0.247 e. The van der Waals surface area contributed by atoms with Crippen molar-refractivity contribution in [1.82, 2.24) is 19.9 Å². The number of carbonyl (C=O) groups is 1. The number of fused-ring (bicyclic) bond motifs is 1. The summed E-state index contributed by atoms with van der Waals surface area (Å²) in [5.41, 5.74) is 4.74. The molecule has 0 aliphatic rings. The average Bonchev–Trinajstić information content (AvgIpc) is 3.35. The van der Waals surface area contributed by atoms with Gasteiger partial charge in [0.1, 0.15) is 11.4 Å². The number of aromatic nitrogens is 3. The van der Waals surface area contributed by atoms with Gasteiger partial charge in [-0.2, -0.15) is 4.98 Å². The van der Waals surface area contributed by atoms with Crippen LogP contribution in [0.15, 0.2) is 67.4 Å². The zero-order valence-electron chi connectivity index (χ0n) is 21.0. The van der Waals surface area contributed by atoms with Crippen LogP contribution in [0.3, 0.4) is 0 Å². The van der Waals surface area contributed by atoms with Gasteiger partial charge in [-0.3, -0.25) is 4.79 Å². The van der Waals surface area contributed by atoms with E-state index in [1.165, 1.54) is 6.08 Å². The molecule has 0 radical (unpaired) electrons. The molecule has 0 fully saturated rings. The lowest BCUT2D eigenvalue weighted by Crippen LogP contribution is -2.28. The van der Waals surface area contributed by atoms with Crippen molar-refractivity contribution in [3.8, 4) is 17.0 Å². The Hall–Kier alpha value is -4.37. The monoisotopic (exact) mass is 485 g/mol. The van der Waals surface area contributed by atoms with Gasteiger partial charge in [0.2, 0.25) is 11.9 Å². The van der Waals surface area contributed by atoms with Crippen molar-refractivity contribution in [2.75, 3.05) is 56.9 Å². The van der Waals surface area contributed by atoms with Crippen molar-refractivity contribution in [2.45, 2.75) is 0 Å². The van der Waals surface area contributed by atoms with Crippen LogP contribution in [0.5, 0.6) is 5.75 Å². The molecular formula is C27H31N7O2. The van der Waals surface area contributed by atoms with Gasteiger partial charge in [0, 0.05) is 54.7 Å². The van der Waals surface area contributed by atoms with Gasteiger partial charge in [-0.15, -0.1) is 0 Å². The summed E-state index contributed by atoms with van der Waals surface area (Å²) in [6, 6.07) is 15.5. The Labute approximate surface area is 210 Å². The van der Waals surface area contributed by atoms with E-state index in [1.807, 2.05) is 54.7 Å². The van der Waals surface area contributed by atoms with Crippen molar-refractivity contribution < 1.29 is 9.53 Å². The van der Waals surface area contributed by atoms with Gasteiger partial charge in [0.05, 0.1) is 18.5 Å². The minimum absolute atomic E-state index is 0.271. The van der Waals surface area contributed by atoms with Crippen LogP contribution in [-0.2, 0) is 4.79 Å². The van der Waals surface area contributed by atoms with E-state index in [-0.39, 0.29) is 5.91 Å². The highest BCUT2D eigenvalue weighted by Crippen LogP contribution is 2.33. The van der Waals surface area contributed by atoms with Gasteiger partial charge in [0.15, 0.2) is 0 Å². The lowest BCUT2D eigenvalue weighted by molar-refractivity contribution is -0.111. The molecule has 4 aromatic rings. The van der Waals surface area contributed by atoms with Gasteiger partial charge in [-0.1, -0.05) is 18.7 Å². The van der Waals surface area contributed by atoms with Crippen LogP contribution < -0.4 is 20.3 Å². The highest BCUT2D eigenvalue weighted by Gasteiger charge is 2.14. The van der Waals surface area contributed by atoms with Crippen molar-refractivity contribution in [2.24, 2.45) is 0 Å². The summed E-state index contributed by atoms with van der Waals surface area (Å²) in [6.07, 6.45) is 3.07. The summed E-state index contributed by atoms with van der Waals surface area (Å²) in [5.74, 6) is 0.842. The molecule has 9 nitrogen and oxygen atoms in total. The van der Waals surface area contributed by atoms with E-state index in [9.17, 15) is 4.79 Å². The molecule has 36 heavy (non-hydrogen) atoms. The number of methoxy groups -OCH3 is 1. The van der Waals surface area contributed by atoms with E-state index in [0.29, 0.717) is 23.0 Å².